The van der Waals surface area contributed by atoms with E-state index in [0.717, 1.165) is 0 Å². The van der Waals surface area contributed by atoms with Crippen LogP contribution in [-0.2, 0) is 20.7 Å². The molecule has 0 spiro atoms. The second kappa shape index (κ2) is 6.07. The van der Waals surface area contributed by atoms with Crippen LogP contribution >= 0.6 is 11.6 Å². The van der Waals surface area contributed by atoms with Gasteiger partial charge in [0.05, 0.1) is 19.6 Å². The van der Waals surface area contributed by atoms with E-state index in [0.29, 0.717) is 48.5 Å². The highest BCUT2D eigenvalue weighted by atomic mass is 35.5. The Morgan fingerprint density at radius 2 is 2.00 bits per heavy atom. The number of nitrogens with zero attached hydrogens (tertiary/aromatic N) is 1. The molecule has 0 bridgehead atoms. The number of hydrogen-bond acceptors (Lipinski definition) is 5. The van der Waals surface area contributed by atoms with E-state index in [-0.39, 0.29) is 31.4 Å². The second-order valence-electron chi connectivity index (χ2n) is 6.71. The first-order chi connectivity index (χ1) is 12.0. The first kappa shape index (κ1) is 16.5. The summed E-state index contributed by atoms with van der Waals surface area (Å²) in [6, 6.07) is 3.38. The zero-order chi connectivity index (χ0) is 17.6. The zero-order valence-corrected chi connectivity index (χ0v) is 14.3. The molecule has 1 amide bonds. The number of carbonyl (C=O) groups excluding carboxylic acids is 1. The molecule has 1 aromatic rings. The minimum absolute atomic E-state index is 0.0960. The van der Waals surface area contributed by atoms with Gasteiger partial charge in [0.25, 0.3) is 0 Å². The van der Waals surface area contributed by atoms with Gasteiger partial charge in [-0.3, -0.25) is 9.59 Å². The number of amides is 1. The molecule has 3 heterocycles. The summed E-state index contributed by atoms with van der Waals surface area (Å²) in [5.74, 6) is -0.0572. The summed E-state index contributed by atoms with van der Waals surface area (Å²) < 4.78 is 16.3. The smallest absolute Gasteiger partial charge is 0.314 e. The van der Waals surface area contributed by atoms with Gasteiger partial charge in [0, 0.05) is 30.1 Å². The van der Waals surface area contributed by atoms with Gasteiger partial charge in [-0.25, -0.2) is 0 Å². The van der Waals surface area contributed by atoms with E-state index in [1.54, 1.807) is 17.0 Å². The summed E-state index contributed by atoms with van der Waals surface area (Å²) in [6.45, 7) is 2.02. The van der Waals surface area contributed by atoms with Crippen molar-refractivity contribution in [2.45, 2.75) is 6.42 Å². The van der Waals surface area contributed by atoms with Gasteiger partial charge in [-0.2, -0.15) is 0 Å². The number of aliphatic carboxylic acids is 1. The molecule has 1 aromatic carbocycles. The van der Waals surface area contributed by atoms with Gasteiger partial charge >= 0.3 is 5.97 Å². The monoisotopic (exact) mass is 367 g/mol. The number of rotatable bonds is 3. The topological polar surface area (TPSA) is 85.3 Å². The van der Waals surface area contributed by atoms with E-state index < -0.39 is 11.4 Å². The van der Waals surface area contributed by atoms with Crippen molar-refractivity contribution >= 4 is 23.5 Å². The Morgan fingerprint density at radius 1 is 1.28 bits per heavy atom. The third-order valence-corrected chi connectivity index (χ3v) is 5.56. The summed E-state index contributed by atoms with van der Waals surface area (Å²) in [4.78, 5) is 26.0. The van der Waals surface area contributed by atoms with Crippen LogP contribution in [-0.4, -0.2) is 61.4 Å². The maximum Gasteiger partial charge on any atom is 0.314 e. The van der Waals surface area contributed by atoms with E-state index in [1.165, 1.54) is 0 Å². The van der Waals surface area contributed by atoms with Crippen LogP contribution in [0.4, 0.5) is 0 Å². The summed E-state index contributed by atoms with van der Waals surface area (Å²) in [5.41, 5.74) is -0.333. The Morgan fingerprint density at radius 3 is 2.68 bits per heavy atom. The number of ether oxygens (including phenoxy) is 3. The van der Waals surface area contributed by atoms with Crippen molar-refractivity contribution in [3.63, 3.8) is 0 Å². The van der Waals surface area contributed by atoms with Crippen molar-refractivity contribution < 1.29 is 28.9 Å². The van der Waals surface area contributed by atoms with Crippen LogP contribution in [0.3, 0.4) is 0 Å². The lowest BCUT2D eigenvalue weighted by Crippen LogP contribution is -2.40. The number of carboxylic acids is 1. The number of carboxylic acid groups (broad SMARTS) is 1. The SMILES string of the molecule is O=C(Cc1cc2c(cc1Cl)OCCO2)N1C[C@@H]2COC[C@]2(C(=O)O)C1. The van der Waals surface area contributed by atoms with E-state index in [2.05, 4.69) is 0 Å². The van der Waals surface area contributed by atoms with Crippen molar-refractivity contribution in [2.24, 2.45) is 11.3 Å². The van der Waals surface area contributed by atoms with E-state index in [4.69, 9.17) is 25.8 Å². The molecule has 4 rings (SSSR count). The normalized spacial score (nSPS) is 27.2. The van der Waals surface area contributed by atoms with Crippen LogP contribution in [0.25, 0.3) is 0 Å². The average molecular weight is 368 g/mol. The molecule has 3 aliphatic rings. The molecule has 0 radical (unpaired) electrons. The van der Waals surface area contributed by atoms with Crippen LogP contribution in [0.2, 0.25) is 5.02 Å². The maximum atomic E-state index is 12.7. The van der Waals surface area contributed by atoms with Crippen molar-refractivity contribution in [3.05, 3.63) is 22.7 Å². The predicted octanol–water partition coefficient (Wildman–Crippen LogP) is 1.21. The van der Waals surface area contributed by atoms with Gasteiger partial charge in [0.15, 0.2) is 11.5 Å². The number of fused-ring (bicyclic) bond motifs is 2. The quantitative estimate of drug-likeness (QED) is 0.864. The van der Waals surface area contributed by atoms with Gasteiger partial charge in [-0.05, 0) is 11.6 Å². The van der Waals surface area contributed by atoms with Gasteiger partial charge in [0.2, 0.25) is 5.91 Å². The second-order valence-corrected chi connectivity index (χ2v) is 7.12. The molecule has 0 unspecified atom stereocenters. The molecular formula is C17H18ClNO6. The average Bonchev–Trinajstić information content (AvgIpc) is 3.14. The van der Waals surface area contributed by atoms with Crippen LogP contribution in [0.15, 0.2) is 12.1 Å². The fraction of sp³-hybridized carbons (Fsp3) is 0.529. The van der Waals surface area contributed by atoms with Crippen LogP contribution in [0.5, 0.6) is 11.5 Å². The van der Waals surface area contributed by atoms with Crippen molar-refractivity contribution in [1.82, 2.24) is 4.90 Å². The lowest BCUT2D eigenvalue weighted by molar-refractivity contribution is -0.149. The Kier molecular flexibility index (Phi) is 4.00. The molecular weight excluding hydrogens is 350 g/mol. The fourth-order valence-corrected chi connectivity index (χ4v) is 3.96. The van der Waals surface area contributed by atoms with E-state index in [1.807, 2.05) is 0 Å². The molecule has 2 saturated heterocycles. The maximum absolute atomic E-state index is 12.7. The summed E-state index contributed by atoms with van der Waals surface area (Å²) in [7, 11) is 0. The Labute approximate surface area is 149 Å². The molecule has 0 aliphatic carbocycles. The van der Waals surface area contributed by atoms with Gasteiger partial charge < -0.3 is 24.2 Å². The van der Waals surface area contributed by atoms with Crippen molar-refractivity contribution in [1.29, 1.82) is 0 Å². The molecule has 1 N–H and O–H groups in total. The number of likely N-dealkylation sites (tertiary alicyclic amines) is 1. The summed E-state index contributed by atoms with van der Waals surface area (Å²) in [6.07, 6.45) is 0.0960. The van der Waals surface area contributed by atoms with Crippen LogP contribution < -0.4 is 9.47 Å². The molecule has 2 fully saturated rings. The summed E-state index contributed by atoms with van der Waals surface area (Å²) in [5, 5.41) is 10.0. The number of benzene rings is 1. The predicted molar refractivity (Wildman–Crippen MR) is 87.1 cm³/mol. The third kappa shape index (κ3) is 2.71. The highest BCUT2D eigenvalue weighted by molar-refractivity contribution is 6.31. The minimum atomic E-state index is -0.980. The Balaban J connectivity index is 1.51. The lowest BCUT2D eigenvalue weighted by atomic mass is 9.81. The molecule has 2 atom stereocenters. The van der Waals surface area contributed by atoms with Crippen molar-refractivity contribution in [2.75, 3.05) is 39.5 Å². The van der Waals surface area contributed by atoms with E-state index >= 15 is 0 Å². The van der Waals surface area contributed by atoms with Gasteiger partial charge in [0.1, 0.15) is 18.6 Å². The number of halogens is 1. The zero-order valence-electron chi connectivity index (χ0n) is 13.5. The lowest BCUT2D eigenvalue weighted by Gasteiger charge is -2.23. The molecule has 0 aromatic heterocycles. The highest BCUT2D eigenvalue weighted by Gasteiger charge is 2.57. The Hall–Kier alpha value is -1.99. The molecule has 8 heteroatoms. The minimum Gasteiger partial charge on any atom is -0.486 e. The standard InChI is InChI=1S/C17H18ClNO6/c18-12-5-14-13(24-1-2-25-14)3-10(12)4-15(20)19-6-11-7-23-9-17(11,8-19)16(21)22/h3,5,11H,1-2,4,6-9H2,(H,21,22)/t11-,17-/m1/s1. The van der Waals surface area contributed by atoms with Crippen LogP contribution in [0, 0.1) is 11.3 Å². The first-order valence-electron chi connectivity index (χ1n) is 8.16. The van der Waals surface area contributed by atoms with Gasteiger partial charge in [-0.15, -0.1) is 0 Å². The fourth-order valence-electron chi connectivity index (χ4n) is 3.74. The van der Waals surface area contributed by atoms with Gasteiger partial charge in [-0.1, -0.05) is 11.6 Å². The molecule has 7 nitrogen and oxygen atoms in total. The first-order valence-corrected chi connectivity index (χ1v) is 8.54. The number of carbonyl (C=O) groups is 2. The number of hydrogen-bond donors (Lipinski definition) is 1. The largest absolute Gasteiger partial charge is 0.486 e. The molecule has 0 saturated carbocycles. The molecule has 25 heavy (non-hydrogen) atoms. The highest BCUT2D eigenvalue weighted by Crippen LogP contribution is 2.42. The third-order valence-electron chi connectivity index (χ3n) is 5.21. The molecule has 3 aliphatic heterocycles. The summed E-state index contributed by atoms with van der Waals surface area (Å²) >= 11 is 6.27. The van der Waals surface area contributed by atoms with Crippen molar-refractivity contribution in [3.8, 4) is 11.5 Å². The van der Waals surface area contributed by atoms with Crippen LogP contribution in [0.1, 0.15) is 5.56 Å². The Bertz CT molecular complexity index is 738. The van der Waals surface area contributed by atoms with E-state index in [9.17, 15) is 14.7 Å². The molecule has 134 valence electrons.